The quantitative estimate of drug-likeness (QED) is 0.672. The van der Waals surface area contributed by atoms with E-state index in [2.05, 4.69) is 6.07 Å². The van der Waals surface area contributed by atoms with Crippen LogP contribution in [0.15, 0.2) is 18.2 Å². The Morgan fingerprint density at radius 2 is 2.30 bits per heavy atom. The van der Waals surface area contributed by atoms with Crippen molar-refractivity contribution in [3.8, 4) is 5.75 Å². The summed E-state index contributed by atoms with van der Waals surface area (Å²) in [5, 5.41) is 0.597. The van der Waals surface area contributed by atoms with Crippen LogP contribution in [0.3, 0.4) is 0 Å². The van der Waals surface area contributed by atoms with Crippen molar-refractivity contribution in [3.05, 3.63) is 29.3 Å². The maximum absolute atomic E-state index is 5.67. The first-order valence-electron chi connectivity index (χ1n) is 2.55. The van der Waals surface area contributed by atoms with E-state index in [-0.39, 0.29) is 32.7 Å². The molecule has 0 N–H and O–H groups in total. The first-order valence-corrected chi connectivity index (χ1v) is 2.92. The van der Waals surface area contributed by atoms with Crippen LogP contribution < -0.4 is 4.74 Å². The van der Waals surface area contributed by atoms with Gasteiger partial charge in [-0.25, -0.2) is 0 Å². The second kappa shape index (κ2) is 5.12. The summed E-state index contributed by atoms with van der Waals surface area (Å²) in [4.78, 5) is 0. The summed E-state index contributed by atoms with van der Waals surface area (Å²) in [6, 6.07) is 8.16. The molecule has 3 heteroatoms. The van der Waals surface area contributed by atoms with E-state index in [1.807, 2.05) is 6.07 Å². The van der Waals surface area contributed by atoms with Crippen molar-refractivity contribution in [1.29, 1.82) is 0 Å². The first kappa shape index (κ1) is 10.4. The van der Waals surface area contributed by atoms with E-state index in [1.54, 1.807) is 19.2 Å². The molecule has 0 amide bonds. The first-order chi connectivity index (χ1) is 4.34. The molecule has 51 valence electrons. The maximum Gasteiger partial charge on any atom is 0.0744 e. The number of benzene rings is 1. The average molecular weight is 230 g/mol. The Balaban J connectivity index is 0.000000810. The Kier molecular flexibility index (Phi) is 5.33. The van der Waals surface area contributed by atoms with Gasteiger partial charge in [0.15, 0.2) is 0 Å². The molecule has 0 saturated heterocycles. The van der Waals surface area contributed by atoms with Gasteiger partial charge in [-0.05, 0) is 5.02 Å². The molecule has 0 aliphatic carbocycles. The number of halogens is 1. The van der Waals surface area contributed by atoms with Crippen LogP contribution in [-0.4, -0.2) is 7.11 Å². The van der Waals surface area contributed by atoms with Gasteiger partial charge in [0.25, 0.3) is 0 Å². The van der Waals surface area contributed by atoms with Crippen LogP contribution in [-0.2, 0) is 32.7 Å². The summed E-state index contributed by atoms with van der Waals surface area (Å²) in [7, 11) is 1.57. The predicted molar refractivity (Wildman–Crippen MR) is 36.8 cm³/mol. The molecule has 0 aliphatic rings. The van der Waals surface area contributed by atoms with Crippen molar-refractivity contribution in [3.63, 3.8) is 0 Å². The van der Waals surface area contributed by atoms with E-state index in [4.69, 9.17) is 16.3 Å². The molecule has 1 aromatic carbocycles. The zero-order chi connectivity index (χ0) is 6.69. The SMILES string of the molecule is COc1[c-]cccc1Cl.[Y]. The fourth-order valence-corrected chi connectivity index (χ4v) is 0.762. The summed E-state index contributed by atoms with van der Waals surface area (Å²) in [6.45, 7) is 0. The van der Waals surface area contributed by atoms with Crippen molar-refractivity contribution in [2.75, 3.05) is 7.11 Å². The van der Waals surface area contributed by atoms with Gasteiger partial charge in [0.1, 0.15) is 0 Å². The van der Waals surface area contributed by atoms with Crippen LogP contribution >= 0.6 is 11.6 Å². The van der Waals surface area contributed by atoms with Crippen LogP contribution in [0.1, 0.15) is 0 Å². The topological polar surface area (TPSA) is 9.23 Å². The van der Waals surface area contributed by atoms with Gasteiger partial charge in [-0.1, -0.05) is 0 Å². The van der Waals surface area contributed by atoms with E-state index in [0.717, 1.165) is 0 Å². The number of hydrogen-bond donors (Lipinski definition) is 0. The Morgan fingerprint density at radius 3 is 2.70 bits per heavy atom. The third-order valence-corrected chi connectivity index (χ3v) is 1.27. The molecule has 0 heterocycles. The molecular weight excluding hydrogens is 224 g/mol. The van der Waals surface area contributed by atoms with E-state index >= 15 is 0 Å². The molecule has 0 saturated carbocycles. The third-order valence-electron chi connectivity index (χ3n) is 0.974. The Labute approximate surface area is 90.6 Å². The largest absolute Gasteiger partial charge is 0.521 e. The summed E-state index contributed by atoms with van der Waals surface area (Å²) in [6.07, 6.45) is 0. The van der Waals surface area contributed by atoms with Crippen molar-refractivity contribution >= 4 is 11.6 Å². The molecule has 0 atom stereocenters. The van der Waals surface area contributed by atoms with Crippen LogP contribution in [0, 0.1) is 6.07 Å². The van der Waals surface area contributed by atoms with Crippen LogP contribution in [0.25, 0.3) is 0 Å². The summed E-state index contributed by atoms with van der Waals surface area (Å²) in [5.41, 5.74) is 0. The predicted octanol–water partition coefficient (Wildman–Crippen LogP) is 2.15. The summed E-state index contributed by atoms with van der Waals surface area (Å²) >= 11 is 5.67. The van der Waals surface area contributed by atoms with Crippen LogP contribution in [0.5, 0.6) is 5.75 Å². The van der Waals surface area contributed by atoms with E-state index in [0.29, 0.717) is 10.8 Å². The maximum atomic E-state index is 5.67. The molecule has 0 aromatic heterocycles. The Hall–Kier alpha value is 0.414. The van der Waals surface area contributed by atoms with Crippen LogP contribution in [0.4, 0.5) is 0 Å². The molecule has 10 heavy (non-hydrogen) atoms. The zero-order valence-electron chi connectivity index (χ0n) is 5.60. The van der Waals surface area contributed by atoms with Gasteiger partial charge >= 0.3 is 0 Å². The van der Waals surface area contributed by atoms with Gasteiger partial charge in [-0.2, -0.15) is 29.8 Å². The minimum atomic E-state index is 0. The van der Waals surface area contributed by atoms with Gasteiger partial charge in [0.05, 0.1) is 7.11 Å². The molecule has 0 spiro atoms. The van der Waals surface area contributed by atoms with E-state index < -0.39 is 0 Å². The van der Waals surface area contributed by atoms with Gasteiger partial charge in [-0.3, -0.25) is 0 Å². The minimum Gasteiger partial charge on any atom is -0.521 e. The molecule has 0 bridgehead atoms. The molecule has 0 unspecified atom stereocenters. The van der Waals surface area contributed by atoms with Crippen molar-refractivity contribution in [2.24, 2.45) is 0 Å². The van der Waals surface area contributed by atoms with Gasteiger partial charge in [-0.15, -0.1) is 6.07 Å². The number of hydrogen-bond acceptors (Lipinski definition) is 1. The molecule has 1 rings (SSSR count). The molecule has 1 radical (unpaired) electrons. The molecule has 0 aliphatic heterocycles. The Bertz CT molecular complexity index is 203. The standard InChI is InChI=1S/C7H6ClO.Y/c1-9-7-5-3-2-4-6(7)8;/h2-4H,1H3;/q-1;. The number of para-hydroxylation sites is 1. The third kappa shape index (κ3) is 2.57. The number of methoxy groups -OCH3 is 1. The van der Waals surface area contributed by atoms with Gasteiger partial charge < -0.3 is 4.74 Å². The van der Waals surface area contributed by atoms with E-state index in [9.17, 15) is 0 Å². The minimum absolute atomic E-state index is 0. The van der Waals surface area contributed by atoms with Crippen LogP contribution in [0.2, 0.25) is 5.02 Å². The van der Waals surface area contributed by atoms with Crippen molar-refractivity contribution < 1.29 is 37.4 Å². The van der Waals surface area contributed by atoms with Crippen molar-refractivity contribution in [1.82, 2.24) is 0 Å². The molecule has 0 fully saturated rings. The summed E-state index contributed by atoms with van der Waals surface area (Å²) in [5.74, 6) is 0.596. The average Bonchev–Trinajstić information content (AvgIpc) is 1.89. The number of rotatable bonds is 1. The monoisotopic (exact) mass is 230 g/mol. The molecule has 1 nitrogen and oxygen atoms in total. The van der Waals surface area contributed by atoms with Gasteiger partial charge in [0.2, 0.25) is 0 Å². The summed E-state index contributed by atoms with van der Waals surface area (Å²) < 4.78 is 4.86. The fraction of sp³-hybridized carbons (Fsp3) is 0.143. The zero-order valence-corrected chi connectivity index (χ0v) is 9.19. The van der Waals surface area contributed by atoms with Crippen molar-refractivity contribution in [2.45, 2.75) is 0 Å². The fourth-order valence-electron chi connectivity index (χ4n) is 0.557. The number of ether oxygens (including phenoxy) is 1. The van der Waals surface area contributed by atoms with E-state index in [1.165, 1.54) is 0 Å². The Morgan fingerprint density at radius 1 is 1.60 bits per heavy atom. The molecular formula is C7H6ClOY-. The second-order valence-electron chi connectivity index (χ2n) is 1.55. The normalized spacial score (nSPS) is 8.20. The smallest absolute Gasteiger partial charge is 0.0744 e. The second-order valence-corrected chi connectivity index (χ2v) is 1.96. The van der Waals surface area contributed by atoms with Gasteiger partial charge in [0, 0.05) is 38.5 Å². The molecule has 1 aromatic rings.